The van der Waals surface area contributed by atoms with Crippen molar-refractivity contribution in [2.45, 2.75) is 6.18 Å². The first kappa shape index (κ1) is 13.9. The van der Waals surface area contributed by atoms with E-state index in [2.05, 4.69) is 25.9 Å². The first-order valence-corrected chi connectivity index (χ1v) is 6.57. The molecule has 0 N–H and O–H groups in total. The molecule has 0 aliphatic heterocycles. The van der Waals surface area contributed by atoms with E-state index >= 15 is 0 Å². The number of benzene rings is 1. The molecule has 21 heavy (non-hydrogen) atoms. The fourth-order valence-electron chi connectivity index (χ4n) is 1.79. The molecule has 0 fully saturated rings. The highest BCUT2D eigenvalue weighted by Gasteiger charge is 2.30. The summed E-state index contributed by atoms with van der Waals surface area (Å²) in [7, 11) is 0. The lowest BCUT2D eigenvalue weighted by Crippen LogP contribution is -2.04. The number of imidazole rings is 1. The predicted octanol–water partition coefficient (Wildman–Crippen LogP) is 4.30. The minimum absolute atomic E-state index is 0.0459. The average molecular weight is 358 g/mol. The van der Waals surface area contributed by atoms with Crippen LogP contribution in [-0.4, -0.2) is 14.4 Å². The van der Waals surface area contributed by atoms with Gasteiger partial charge in [0.15, 0.2) is 0 Å². The van der Waals surface area contributed by atoms with Crippen LogP contribution in [0.4, 0.5) is 13.2 Å². The highest BCUT2D eigenvalue weighted by Crippen LogP contribution is 2.33. The molecule has 8 heteroatoms. The second-order valence-electron chi connectivity index (χ2n) is 4.13. The molecule has 108 valence electrons. The van der Waals surface area contributed by atoms with Crippen LogP contribution in [0.3, 0.4) is 0 Å². The SMILES string of the molecule is FC(F)(F)c1cccc(Oc2nccn3c(Br)cnc23)c1. The molecular formula is C13H7BrF3N3O. The number of alkyl halides is 3. The van der Waals surface area contributed by atoms with Crippen LogP contribution in [-0.2, 0) is 6.18 Å². The topological polar surface area (TPSA) is 39.4 Å². The normalized spacial score (nSPS) is 11.8. The van der Waals surface area contributed by atoms with Crippen LogP contribution < -0.4 is 4.74 Å². The van der Waals surface area contributed by atoms with E-state index in [1.165, 1.54) is 18.3 Å². The third-order valence-corrected chi connectivity index (χ3v) is 3.31. The Morgan fingerprint density at radius 2 is 2.00 bits per heavy atom. The van der Waals surface area contributed by atoms with Crippen molar-refractivity contribution in [2.24, 2.45) is 0 Å². The van der Waals surface area contributed by atoms with Crippen molar-refractivity contribution >= 4 is 21.6 Å². The van der Waals surface area contributed by atoms with Crippen LogP contribution in [0.15, 0.2) is 47.5 Å². The summed E-state index contributed by atoms with van der Waals surface area (Å²) in [4.78, 5) is 8.09. The Labute approximate surface area is 125 Å². The first-order valence-electron chi connectivity index (χ1n) is 5.78. The van der Waals surface area contributed by atoms with Crippen LogP contribution >= 0.6 is 15.9 Å². The van der Waals surface area contributed by atoms with Gasteiger partial charge in [-0.1, -0.05) is 6.07 Å². The molecule has 1 aromatic carbocycles. The Morgan fingerprint density at radius 3 is 2.76 bits per heavy atom. The van der Waals surface area contributed by atoms with Crippen LogP contribution in [0.1, 0.15) is 5.56 Å². The zero-order valence-electron chi connectivity index (χ0n) is 10.3. The van der Waals surface area contributed by atoms with E-state index < -0.39 is 11.7 Å². The lowest BCUT2D eigenvalue weighted by molar-refractivity contribution is -0.137. The van der Waals surface area contributed by atoms with Gasteiger partial charge in [-0.25, -0.2) is 9.97 Å². The summed E-state index contributed by atoms with van der Waals surface area (Å²) in [5, 5.41) is 0. The number of aromatic nitrogens is 3. The standard InChI is InChI=1S/C13H7BrF3N3O/c14-10-7-19-11-12(18-4-5-20(10)11)21-9-3-1-2-8(6-9)13(15,16)17/h1-7H. The van der Waals surface area contributed by atoms with Gasteiger partial charge in [-0.3, -0.25) is 4.40 Å². The van der Waals surface area contributed by atoms with Crippen molar-refractivity contribution in [3.05, 3.63) is 53.0 Å². The number of ether oxygens (including phenoxy) is 1. The zero-order chi connectivity index (χ0) is 15.0. The fourth-order valence-corrected chi connectivity index (χ4v) is 2.17. The highest BCUT2D eigenvalue weighted by atomic mass is 79.9. The van der Waals surface area contributed by atoms with Crippen molar-refractivity contribution in [1.82, 2.24) is 14.4 Å². The molecule has 0 bridgehead atoms. The molecule has 0 spiro atoms. The Morgan fingerprint density at radius 1 is 1.19 bits per heavy atom. The maximum atomic E-state index is 12.7. The molecular weight excluding hydrogens is 351 g/mol. The molecule has 3 rings (SSSR count). The molecule has 4 nitrogen and oxygen atoms in total. The fraction of sp³-hybridized carbons (Fsp3) is 0.0769. The van der Waals surface area contributed by atoms with E-state index in [1.807, 2.05) is 0 Å². The van der Waals surface area contributed by atoms with Crippen molar-refractivity contribution in [3.8, 4) is 11.6 Å². The van der Waals surface area contributed by atoms with E-state index in [-0.39, 0.29) is 11.6 Å². The van der Waals surface area contributed by atoms with E-state index in [9.17, 15) is 13.2 Å². The van der Waals surface area contributed by atoms with E-state index in [1.54, 1.807) is 16.8 Å². The first-order chi connectivity index (χ1) is 9.95. The van der Waals surface area contributed by atoms with E-state index in [0.29, 0.717) is 10.3 Å². The number of hydrogen-bond acceptors (Lipinski definition) is 3. The van der Waals surface area contributed by atoms with Gasteiger partial charge in [-0.05, 0) is 34.1 Å². The third kappa shape index (κ3) is 2.71. The maximum absolute atomic E-state index is 12.7. The minimum Gasteiger partial charge on any atom is -0.436 e. The Bertz CT molecular complexity index is 801. The minimum atomic E-state index is -4.42. The molecule has 0 amide bonds. The maximum Gasteiger partial charge on any atom is 0.416 e. The lowest BCUT2D eigenvalue weighted by Gasteiger charge is -2.09. The summed E-state index contributed by atoms with van der Waals surface area (Å²) in [5.74, 6) is 0.173. The number of nitrogens with zero attached hydrogens (tertiary/aromatic N) is 3. The largest absolute Gasteiger partial charge is 0.436 e. The summed E-state index contributed by atoms with van der Waals surface area (Å²) < 4.78 is 45.8. The number of fused-ring (bicyclic) bond motifs is 1. The molecule has 0 saturated heterocycles. The van der Waals surface area contributed by atoms with Gasteiger partial charge >= 0.3 is 6.18 Å². The van der Waals surface area contributed by atoms with Gasteiger partial charge in [0.05, 0.1) is 11.8 Å². The molecule has 0 saturated carbocycles. The summed E-state index contributed by atoms with van der Waals surface area (Å²) in [5.41, 5.74) is -0.377. The van der Waals surface area contributed by atoms with Crippen molar-refractivity contribution in [3.63, 3.8) is 0 Å². The summed E-state index contributed by atoms with van der Waals surface area (Å²) in [6.45, 7) is 0. The average Bonchev–Trinajstić information content (AvgIpc) is 2.81. The summed E-state index contributed by atoms with van der Waals surface area (Å²) in [6, 6.07) is 4.61. The summed E-state index contributed by atoms with van der Waals surface area (Å²) >= 11 is 3.29. The number of halogens is 4. The Balaban J connectivity index is 1.99. The van der Waals surface area contributed by atoms with Gasteiger partial charge in [0.25, 0.3) is 5.88 Å². The molecule has 0 aliphatic rings. The van der Waals surface area contributed by atoms with Crippen LogP contribution in [0.25, 0.3) is 5.65 Å². The van der Waals surface area contributed by atoms with E-state index in [0.717, 1.165) is 12.1 Å². The molecule has 0 unspecified atom stereocenters. The number of rotatable bonds is 2. The zero-order valence-corrected chi connectivity index (χ0v) is 11.9. The number of hydrogen-bond donors (Lipinski definition) is 0. The molecule has 2 heterocycles. The van der Waals surface area contributed by atoms with Gasteiger partial charge in [-0.2, -0.15) is 13.2 Å². The van der Waals surface area contributed by atoms with Gasteiger partial charge in [0, 0.05) is 12.4 Å². The smallest absolute Gasteiger partial charge is 0.416 e. The molecule has 2 aromatic heterocycles. The lowest BCUT2D eigenvalue weighted by atomic mass is 10.2. The van der Waals surface area contributed by atoms with Gasteiger partial charge in [0.2, 0.25) is 5.65 Å². The van der Waals surface area contributed by atoms with Crippen LogP contribution in [0.2, 0.25) is 0 Å². The van der Waals surface area contributed by atoms with Gasteiger partial charge in [0.1, 0.15) is 10.4 Å². The van der Waals surface area contributed by atoms with Crippen LogP contribution in [0.5, 0.6) is 11.6 Å². The Kier molecular flexibility index (Phi) is 3.32. The molecule has 0 radical (unpaired) electrons. The monoisotopic (exact) mass is 357 g/mol. The summed E-state index contributed by atoms with van der Waals surface area (Å²) in [6.07, 6.45) is 0.263. The third-order valence-electron chi connectivity index (χ3n) is 2.73. The quantitative estimate of drug-likeness (QED) is 0.686. The molecule has 3 aromatic rings. The predicted molar refractivity (Wildman–Crippen MR) is 72.2 cm³/mol. The van der Waals surface area contributed by atoms with Crippen LogP contribution in [0, 0.1) is 0 Å². The molecule has 0 atom stereocenters. The molecule has 0 aliphatic carbocycles. The van der Waals surface area contributed by atoms with Crippen molar-refractivity contribution in [2.75, 3.05) is 0 Å². The van der Waals surface area contributed by atoms with Crippen molar-refractivity contribution in [1.29, 1.82) is 0 Å². The second-order valence-corrected chi connectivity index (χ2v) is 4.95. The van der Waals surface area contributed by atoms with E-state index in [4.69, 9.17) is 4.74 Å². The van der Waals surface area contributed by atoms with Crippen molar-refractivity contribution < 1.29 is 17.9 Å². The van der Waals surface area contributed by atoms with Gasteiger partial charge < -0.3 is 4.74 Å². The second kappa shape index (κ2) is 5.03. The Hall–Kier alpha value is -2.09. The van der Waals surface area contributed by atoms with Gasteiger partial charge in [-0.15, -0.1) is 0 Å². The highest BCUT2D eigenvalue weighted by molar-refractivity contribution is 9.10.